The van der Waals surface area contributed by atoms with Crippen molar-refractivity contribution in [2.75, 3.05) is 37.8 Å². The van der Waals surface area contributed by atoms with Crippen LogP contribution in [0.15, 0.2) is 89.8 Å². The van der Waals surface area contributed by atoms with Crippen LogP contribution in [-0.4, -0.2) is 54.8 Å². The van der Waals surface area contributed by atoms with Gasteiger partial charge in [0.1, 0.15) is 13.1 Å². The van der Waals surface area contributed by atoms with Gasteiger partial charge >= 0.3 is 5.97 Å². The van der Waals surface area contributed by atoms with Crippen molar-refractivity contribution >= 4 is 29.2 Å². The predicted molar refractivity (Wildman–Crippen MR) is 144 cm³/mol. The van der Waals surface area contributed by atoms with Crippen LogP contribution in [0.1, 0.15) is 34.8 Å². The van der Waals surface area contributed by atoms with Crippen LogP contribution in [-0.2, 0) is 9.53 Å². The Bertz CT molecular complexity index is 1180. The maximum Gasteiger partial charge on any atom is 0.333 e. The molecule has 6 heteroatoms. The molecule has 2 bridgehead atoms. The third kappa shape index (κ3) is 5.50. The van der Waals surface area contributed by atoms with Gasteiger partial charge < -0.3 is 14.5 Å². The number of anilines is 1. The number of quaternary nitrogens is 1. The Morgan fingerprint density at radius 3 is 2.22 bits per heavy atom. The number of fused-ring (bicyclic) bond motifs is 3. The summed E-state index contributed by atoms with van der Waals surface area (Å²) in [5, 5.41) is 3.37. The molecule has 1 N–H and O–H groups in total. The molecule has 5 nitrogen and oxygen atoms in total. The number of carbonyl (C=O) groups excluding carboxylic acids is 2. The summed E-state index contributed by atoms with van der Waals surface area (Å²) in [4.78, 5) is 27.9. The van der Waals surface area contributed by atoms with E-state index < -0.39 is 6.04 Å². The highest BCUT2D eigenvalue weighted by molar-refractivity contribution is 7.98. The molecule has 1 unspecified atom stereocenters. The predicted octanol–water partition coefficient (Wildman–Crippen LogP) is 5.60. The smallest absolute Gasteiger partial charge is 0.333 e. The molecule has 36 heavy (non-hydrogen) atoms. The van der Waals surface area contributed by atoms with Crippen molar-refractivity contribution in [2.24, 2.45) is 5.92 Å². The first kappa shape index (κ1) is 24.6. The van der Waals surface area contributed by atoms with Crippen molar-refractivity contribution in [3.05, 3.63) is 96.1 Å². The number of ether oxygens (including phenoxy) is 1. The topological polar surface area (TPSA) is 55.4 Å². The van der Waals surface area contributed by atoms with Gasteiger partial charge in [-0.25, -0.2) is 4.79 Å². The Morgan fingerprint density at radius 2 is 1.58 bits per heavy atom. The van der Waals surface area contributed by atoms with E-state index in [0.29, 0.717) is 23.5 Å². The van der Waals surface area contributed by atoms with Crippen molar-refractivity contribution in [3.63, 3.8) is 0 Å². The molecule has 0 saturated carbocycles. The van der Waals surface area contributed by atoms with E-state index in [4.69, 9.17) is 4.74 Å². The fourth-order valence-corrected chi connectivity index (χ4v) is 6.00. The van der Waals surface area contributed by atoms with Gasteiger partial charge in [0.25, 0.3) is 0 Å². The number of Topliss-reactive ketones (excluding diaryl/α,β-unsaturated/α-hetero) is 1. The molecule has 0 aliphatic carbocycles. The van der Waals surface area contributed by atoms with Gasteiger partial charge in [-0.3, -0.25) is 4.79 Å². The van der Waals surface area contributed by atoms with Crippen molar-refractivity contribution in [1.82, 2.24) is 0 Å². The summed E-state index contributed by atoms with van der Waals surface area (Å²) in [6.07, 6.45) is 3.83. The quantitative estimate of drug-likeness (QED) is 0.179. The first-order valence-electron chi connectivity index (χ1n) is 12.6. The highest BCUT2D eigenvalue weighted by atomic mass is 32.2. The summed E-state index contributed by atoms with van der Waals surface area (Å²) < 4.78 is 6.93. The Hall–Kier alpha value is -3.09. The Morgan fingerprint density at radius 1 is 0.944 bits per heavy atom. The molecule has 0 aromatic heterocycles. The van der Waals surface area contributed by atoms with E-state index in [2.05, 4.69) is 5.32 Å². The second kappa shape index (κ2) is 10.9. The number of thioether (sulfide) groups is 1. The second-order valence-electron chi connectivity index (χ2n) is 9.95. The lowest BCUT2D eigenvalue weighted by molar-refractivity contribution is -0.938. The van der Waals surface area contributed by atoms with Crippen molar-refractivity contribution in [2.45, 2.75) is 29.9 Å². The number of ketones is 1. The monoisotopic (exact) mass is 501 g/mol. The SMILES string of the molecule is CSc1ccc(C(=O)C[N+]23CCC(CC2)[C@@H](OC(=O)C(Nc2ccccc2)c2ccccc2)C3)cc1. The number of hydrogen-bond acceptors (Lipinski definition) is 5. The molecular formula is C30H33N2O3S+. The molecule has 3 aromatic rings. The maximum absolute atomic E-state index is 13.5. The normalized spacial score (nSPS) is 23.6. The molecule has 3 heterocycles. The third-order valence-electron chi connectivity index (χ3n) is 7.65. The molecular weight excluding hydrogens is 468 g/mol. The number of nitrogens with one attached hydrogen (secondary N) is 1. The highest BCUT2D eigenvalue weighted by Gasteiger charge is 2.49. The number of para-hydroxylation sites is 1. The average Bonchev–Trinajstić information content (AvgIpc) is 2.93. The van der Waals surface area contributed by atoms with Gasteiger partial charge in [-0.2, -0.15) is 0 Å². The lowest BCUT2D eigenvalue weighted by Gasteiger charge is -2.51. The minimum atomic E-state index is -0.589. The average molecular weight is 502 g/mol. The number of esters is 1. The molecule has 3 aliphatic heterocycles. The third-order valence-corrected chi connectivity index (χ3v) is 8.40. The van der Waals surface area contributed by atoms with Crippen molar-refractivity contribution in [3.8, 4) is 0 Å². The largest absolute Gasteiger partial charge is 0.454 e. The van der Waals surface area contributed by atoms with E-state index >= 15 is 0 Å². The zero-order chi connectivity index (χ0) is 25.0. The highest BCUT2D eigenvalue weighted by Crippen LogP contribution is 2.37. The van der Waals surface area contributed by atoms with Crippen LogP contribution in [0.4, 0.5) is 5.69 Å². The minimum absolute atomic E-state index is 0.168. The first-order chi connectivity index (χ1) is 17.5. The van der Waals surface area contributed by atoms with Gasteiger partial charge in [-0.1, -0.05) is 60.7 Å². The van der Waals surface area contributed by atoms with Crippen LogP contribution in [0.2, 0.25) is 0 Å². The van der Waals surface area contributed by atoms with E-state index in [-0.39, 0.29) is 17.9 Å². The Balaban J connectivity index is 1.29. The van der Waals surface area contributed by atoms with E-state index in [9.17, 15) is 9.59 Å². The minimum Gasteiger partial charge on any atom is -0.454 e. The number of hydrogen-bond donors (Lipinski definition) is 1. The Kier molecular flexibility index (Phi) is 7.44. The van der Waals surface area contributed by atoms with Crippen LogP contribution in [0.5, 0.6) is 0 Å². The van der Waals surface area contributed by atoms with E-state index in [1.54, 1.807) is 11.8 Å². The second-order valence-corrected chi connectivity index (χ2v) is 10.8. The molecule has 3 saturated heterocycles. The lowest BCUT2D eigenvalue weighted by Crippen LogP contribution is -2.65. The zero-order valence-electron chi connectivity index (χ0n) is 20.6. The van der Waals surface area contributed by atoms with Crippen molar-refractivity contribution < 1.29 is 18.8 Å². The molecule has 2 atom stereocenters. The van der Waals surface area contributed by atoms with E-state index in [1.807, 2.05) is 91.2 Å². The lowest BCUT2D eigenvalue weighted by atomic mass is 9.82. The van der Waals surface area contributed by atoms with Crippen LogP contribution < -0.4 is 5.32 Å². The molecule has 3 aromatic carbocycles. The number of rotatable bonds is 9. The summed E-state index contributed by atoms with van der Waals surface area (Å²) in [7, 11) is 0. The van der Waals surface area contributed by atoms with E-state index in [0.717, 1.165) is 47.6 Å². The first-order valence-corrected chi connectivity index (χ1v) is 13.9. The summed E-state index contributed by atoms with van der Waals surface area (Å²) in [6, 6.07) is 26.8. The fraction of sp³-hybridized carbons (Fsp3) is 0.333. The molecule has 0 amide bonds. The number of carbonyl (C=O) groups is 2. The van der Waals surface area contributed by atoms with Gasteiger partial charge in [-0.15, -0.1) is 11.8 Å². The summed E-state index contributed by atoms with van der Waals surface area (Å²) in [5.74, 6) is 0.264. The molecule has 3 aliphatic rings. The number of nitrogens with zero attached hydrogens (tertiary/aromatic N) is 1. The Labute approximate surface area is 217 Å². The summed E-state index contributed by atoms with van der Waals surface area (Å²) in [6.45, 7) is 3.11. The van der Waals surface area contributed by atoms with Crippen molar-refractivity contribution in [1.29, 1.82) is 0 Å². The van der Waals surface area contributed by atoms with Gasteiger partial charge in [0.15, 0.2) is 12.1 Å². The van der Waals surface area contributed by atoms with Gasteiger partial charge in [0.2, 0.25) is 5.78 Å². The van der Waals surface area contributed by atoms with Gasteiger partial charge in [0, 0.05) is 34.9 Å². The molecule has 6 rings (SSSR count). The summed E-state index contributed by atoms with van der Waals surface area (Å²) >= 11 is 1.67. The standard InChI is InChI=1S/C30H33N2O3S/c1-36-26-14-12-22(13-15-26)27(33)20-32-18-16-23(17-19-32)28(21-32)35-30(34)29(24-8-4-2-5-9-24)31-25-10-6-3-7-11-25/h2-15,23,28-29,31H,16-21H2,1H3/q+1/t23?,28-,29?,32?/m0/s1. The van der Waals surface area contributed by atoms with Gasteiger partial charge in [-0.05, 0) is 36.1 Å². The number of benzene rings is 3. The van der Waals surface area contributed by atoms with Crippen LogP contribution in [0, 0.1) is 5.92 Å². The van der Waals surface area contributed by atoms with Crippen LogP contribution >= 0.6 is 11.8 Å². The van der Waals surface area contributed by atoms with E-state index in [1.165, 1.54) is 0 Å². The molecule has 0 spiro atoms. The molecule has 186 valence electrons. The van der Waals surface area contributed by atoms with Crippen LogP contribution in [0.3, 0.4) is 0 Å². The zero-order valence-corrected chi connectivity index (χ0v) is 21.5. The fourth-order valence-electron chi connectivity index (χ4n) is 5.59. The van der Waals surface area contributed by atoms with Gasteiger partial charge in [0.05, 0.1) is 13.1 Å². The van der Waals surface area contributed by atoms with Crippen LogP contribution in [0.25, 0.3) is 0 Å². The number of piperidine rings is 3. The maximum atomic E-state index is 13.5. The molecule has 0 radical (unpaired) electrons. The molecule has 3 fully saturated rings. The summed E-state index contributed by atoms with van der Waals surface area (Å²) in [5.41, 5.74) is 2.51.